The summed E-state index contributed by atoms with van der Waals surface area (Å²) in [5.74, 6) is 0.933. The van der Waals surface area contributed by atoms with Crippen LogP contribution < -0.4 is 0 Å². The maximum Gasteiger partial charge on any atom is 0.0545 e. The SMILES string of the molecule is CN1N=CCC1C1CCCC1. The lowest BCUT2D eigenvalue weighted by Crippen LogP contribution is -2.29. The number of rotatable bonds is 1. The van der Waals surface area contributed by atoms with Gasteiger partial charge < -0.3 is 0 Å². The van der Waals surface area contributed by atoms with Gasteiger partial charge in [0, 0.05) is 19.7 Å². The van der Waals surface area contributed by atoms with Crippen molar-refractivity contribution in [3.05, 3.63) is 0 Å². The van der Waals surface area contributed by atoms with Gasteiger partial charge in [0.25, 0.3) is 0 Å². The lowest BCUT2D eigenvalue weighted by molar-refractivity contribution is 0.209. The van der Waals surface area contributed by atoms with Crippen molar-refractivity contribution in [1.82, 2.24) is 5.01 Å². The smallest absolute Gasteiger partial charge is 0.0545 e. The third-order valence-corrected chi connectivity index (χ3v) is 3.03. The molecule has 1 heterocycles. The Kier molecular flexibility index (Phi) is 1.84. The van der Waals surface area contributed by atoms with E-state index in [0.717, 1.165) is 12.0 Å². The highest BCUT2D eigenvalue weighted by Crippen LogP contribution is 2.32. The summed E-state index contributed by atoms with van der Waals surface area (Å²) in [5.41, 5.74) is 0. The molecule has 2 rings (SSSR count). The highest BCUT2D eigenvalue weighted by molar-refractivity contribution is 5.59. The van der Waals surface area contributed by atoms with Crippen LogP contribution in [0.1, 0.15) is 32.1 Å². The first kappa shape index (κ1) is 7.14. The third-order valence-electron chi connectivity index (χ3n) is 3.03. The van der Waals surface area contributed by atoms with E-state index in [9.17, 15) is 0 Å². The summed E-state index contributed by atoms with van der Waals surface area (Å²) < 4.78 is 0. The zero-order valence-corrected chi connectivity index (χ0v) is 7.16. The molecule has 0 aromatic heterocycles. The number of nitrogens with zero attached hydrogens (tertiary/aromatic N) is 2. The predicted octanol–water partition coefficient (Wildman–Crippen LogP) is 1.87. The average Bonchev–Trinajstić information content (AvgIpc) is 2.55. The van der Waals surface area contributed by atoms with Crippen LogP contribution in [0.25, 0.3) is 0 Å². The molecule has 1 aliphatic carbocycles. The predicted molar refractivity (Wildman–Crippen MR) is 46.6 cm³/mol. The van der Waals surface area contributed by atoms with Gasteiger partial charge in [0.05, 0.1) is 6.04 Å². The number of hydrogen-bond donors (Lipinski definition) is 0. The maximum atomic E-state index is 4.27. The Bertz CT molecular complexity index is 159. The van der Waals surface area contributed by atoms with E-state index in [1.807, 2.05) is 0 Å². The molecule has 0 aromatic rings. The second kappa shape index (κ2) is 2.84. The van der Waals surface area contributed by atoms with Crippen molar-refractivity contribution in [1.29, 1.82) is 0 Å². The quantitative estimate of drug-likeness (QED) is 0.560. The van der Waals surface area contributed by atoms with Crippen LogP contribution >= 0.6 is 0 Å². The van der Waals surface area contributed by atoms with Gasteiger partial charge in [-0.1, -0.05) is 12.8 Å². The molecule has 0 bridgehead atoms. The van der Waals surface area contributed by atoms with Gasteiger partial charge in [-0.05, 0) is 18.8 Å². The van der Waals surface area contributed by atoms with Crippen LogP contribution in [-0.4, -0.2) is 24.3 Å². The summed E-state index contributed by atoms with van der Waals surface area (Å²) in [5, 5.41) is 6.42. The minimum Gasteiger partial charge on any atom is -0.297 e. The highest BCUT2D eigenvalue weighted by atomic mass is 15.5. The second-order valence-electron chi connectivity index (χ2n) is 3.72. The molecular formula is C9H16N2. The van der Waals surface area contributed by atoms with Crippen molar-refractivity contribution in [3.63, 3.8) is 0 Å². The zero-order valence-electron chi connectivity index (χ0n) is 7.16. The van der Waals surface area contributed by atoms with Gasteiger partial charge in [0.1, 0.15) is 0 Å². The van der Waals surface area contributed by atoms with Crippen LogP contribution in [0, 0.1) is 5.92 Å². The van der Waals surface area contributed by atoms with Crippen molar-refractivity contribution in [2.75, 3.05) is 7.05 Å². The largest absolute Gasteiger partial charge is 0.297 e. The third kappa shape index (κ3) is 1.26. The highest BCUT2D eigenvalue weighted by Gasteiger charge is 2.29. The van der Waals surface area contributed by atoms with E-state index in [-0.39, 0.29) is 0 Å². The van der Waals surface area contributed by atoms with E-state index < -0.39 is 0 Å². The molecule has 0 saturated heterocycles. The van der Waals surface area contributed by atoms with E-state index in [1.165, 1.54) is 32.1 Å². The van der Waals surface area contributed by atoms with E-state index >= 15 is 0 Å². The summed E-state index contributed by atoms with van der Waals surface area (Å²) in [6.45, 7) is 0. The molecule has 1 unspecified atom stereocenters. The Morgan fingerprint density at radius 3 is 2.64 bits per heavy atom. The average molecular weight is 152 g/mol. The Morgan fingerprint density at radius 2 is 2.09 bits per heavy atom. The summed E-state index contributed by atoms with van der Waals surface area (Å²) in [7, 11) is 2.10. The molecule has 0 aromatic carbocycles. The molecule has 1 aliphatic heterocycles. The summed E-state index contributed by atoms with van der Waals surface area (Å²) in [6.07, 6.45) is 8.98. The Balaban J connectivity index is 1.94. The van der Waals surface area contributed by atoms with Crippen LogP contribution in [0.3, 0.4) is 0 Å². The minimum absolute atomic E-state index is 0.734. The topological polar surface area (TPSA) is 15.6 Å². The molecule has 2 nitrogen and oxygen atoms in total. The van der Waals surface area contributed by atoms with Gasteiger partial charge in [-0.15, -0.1) is 0 Å². The van der Waals surface area contributed by atoms with Crippen LogP contribution in [-0.2, 0) is 0 Å². The number of hydrazone groups is 1. The maximum absolute atomic E-state index is 4.27. The van der Waals surface area contributed by atoms with E-state index in [4.69, 9.17) is 0 Å². The molecule has 0 N–H and O–H groups in total. The fourth-order valence-electron chi connectivity index (χ4n) is 2.36. The molecule has 0 spiro atoms. The van der Waals surface area contributed by atoms with E-state index in [1.54, 1.807) is 0 Å². The Morgan fingerprint density at radius 1 is 1.36 bits per heavy atom. The van der Waals surface area contributed by atoms with Crippen molar-refractivity contribution >= 4 is 6.21 Å². The zero-order chi connectivity index (χ0) is 7.68. The first-order valence-corrected chi connectivity index (χ1v) is 4.63. The molecule has 0 radical (unpaired) electrons. The van der Waals surface area contributed by atoms with Crippen molar-refractivity contribution in [3.8, 4) is 0 Å². The molecule has 2 heteroatoms. The summed E-state index contributed by atoms with van der Waals surface area (Å²) >= 11 is 0. The first-order valence-electron chi connectivity index (χ1n) is 4.63. The number of hydrogen-bond acceptors (Lipinski definition) is 2. The van der Waals surface area contributed by atoms with Gasteiger partial charge in [0.15, 0.2) is 0 Å². The molecule has 62 valence electrons. The molecule has 0 amide bonds. The minimum atomic E-state index is 0.734. The lowest BCUT2D eigenvalue weighted by atomic mass is 9.96. The normalized spacial score (nSPS) is 32.1. The second-order valence-corrected chi connectivity index (χ2v) is 3.72. The Labute approximate surface area is 68.3 Å². The van der Waals surface area contributed by atoms with Gasteiger partial charge >= 0.3 is 0 Å². The summed E-state index contributed by atoms with van der Waals surface area (Å²) in [6, 6.07) is 0.734. The van der Waals surface area contributed by atoms with Crippen molar-refractivity contribution < 1.29 is 0 Å². The van der Waals surface area contributed by atoms with Gasteiger partial charge in [-0.3, -0.25) is 5.01 Å². The first-order chi connectivity index (χ1) is 5.38. The van der Waals surface area contributed by atoms with Gasteiger partial charge in [0.2, 0.25) is 0 Å². The van der Waals surface area contributed by atoms with Gasteiger partial charge in [-0.2, -0.15) is 5.10 Å². The van der Waals surface area contributed by atoms with Crippen LogP contribution in [0.15, 0.2) is 5.10 Å². The van der Waals surface area contributed by atoms with Crippen LogP contribution in [0.2, 0.25) is 0 Å². The monoisotopic (exact) mass is 152 g/mol. The molecule has 1 saturated carbocycles. The molecule has 1 atom stereocenters. The molecule has 2 aliphatic rings. The standard InChI is InChI=1S/C9H16N2/c1-11-9(6-7-10-11)8-4-2-3-5-8/h7-9H,2-6H2,1H3. The van der Waals surface area contributed by atoms with E-state index in [0.29, 0.717) is 0 Å². The molecular weight excluding hydrogens is 136 g/mol. The van der Waals surface area contributed by atoms with Crippen molar-refractivity contribution in [2.45, 2.75) is 38.1 Å². The lowest BCUT2D eigenvalue weighted by Gasteiger charge is -2.24. The van der Waals surface area contributed by atoms with Crippen LogP contribution in [0.4, 0.5) is 0 Å². The summed E-state index contributed by atoms with van der Waals surface area (Å²) in [4.78, 5) is 0. The van der Waals surface area contributed by atoms with Gasteiger partial charge in [-0.25, -0.2) is 0 Å². The van der Waals surface area contributed by atoms with Crippen LogP contribution in [0.5, 0.6) is 0 Å². The fraction of sp³-hybridized carbons (Fsp3) is 0.889. The molecule has 1 fully saturated rings. The van der Waals surface area contributed by atoms with E-state index in [2.05, 4.69) is 23.4 Å². The fourth-order valence-corrected chi connectivity index (χ4v) is 2.36. The molecule has 11 heavy (non-hydrogen) atoms. The van der Waals surface area contributed by atoms with Crippen molar-refractivity contribution in [2.24, 2.45) is 11.0 Å². The Hall–Kier alpha value is -0.530.